The van der Waals surface area contributed by atoms with E-state index in [0.717, 1.165) is 23.8 Å². The molecule has 1 heterocycles. The van der Waals surface area contributed by atoms with Gasteiger partial charge in [-0.25, -0.2) is 0 Å². The highest BCUT2D eigenvalue weighted by Crippen LogP contribution is 2.40. The molecule has 4 unspecified atom stereocenters. The van der Waals surface area contributed by atoms with Crippen LogP contribution in [-0.4, -0.2) is 28.8 Å². The molecular formula is C17H29ClN4O. The largest absolute Gasteiger partial charge is 0.352 e. The molecule has 2 N–H and O–H groups in total. The molecule has 4 atom stereocenters. The van der Waals surface area contributed by atoms with Gasteiger partial charge in [-0.05, 0) is 38.1 Å². The van der Waals surface area contributed by atoms with Crippen molar-refractivity contribution in [1.82, 2.24) is 20.4 Å². The summed E-state index contributed by atoms with van der Waals surface area (Å²) in [4.78, 5) is 12.6. The molecule has 2 saturated carbocycles. The number of halogens is 1. The second-order valence-electron chi connectivity index (χ2n) is 6.99. The fraction of sp³-hybridized carbons (Fsp3) is 0.765. The predicted molar refractivity (Wildman–Crippen MR) is 93.5 cm³/mol. The molecular weight excluding hydrogens is 312 g/mol. The number of carbonyl (C=O) groups is 1. The second-order valence-corrected chi connectivity index (χ2v) is 6.99. The maximum atomic E-state index is 12.6. The summed E-state index contributed by atoms with van der Waals surface area (Å²) in [6.45, 7) is 0. The van der Waals surface area contributed by atoms with E-state index in [4.69, 9.17) is 0 Å². The third kappa shape index (κ3) is 4.27. The third-order valence-electron chi connectivity index (χ3n) is 5.50. The molecule has 6 heteroatoms. The van der Waals surface area contributed by atoms with Crippen molar-refractivity contribution in [1.29, 1.82) is 0 Å². The van der Waals surface area contributed by atoms with Crippen molar-refractivity contribution < 1.29 is 4.79 Å². The van der Waals surface area contributed by atoms with Crippen molar-refractivity contribution >= 4 is 18.3 Å². The Bertz CT molecular complexity index is 518. The summed E-state index contributed by atoms with van der Waals surface area (Å²) in [5.41, 5.74) is 0.925. The minimum Gasteiger partial charge on any atom is -0.352 e. The number of nitrogens with zero attached hydrogens (tertiary/aromatic N) is 2. The Kier molecular flexibility index (Phi) is 6.48. The molecule has 2 aliphatic rings. The summed E-state index contributed by atoms with van der Waals surface area (Å²) in [6, 6.07) is 0.0390. The quantitative estimate of drug-likeness (QED) is 0.885. The van der Waals surface area contributed by atoms with Crippen LogP contribution in [0.4, 0.5) is 0 Å². The van der Waals surface area contributed by atoms with Gasteiger partial charge in [0.25, 0.3) is 0 Å². The molecule has 0 radical (unpaired) electrons. The normalized spacial score (nSPS) is 28.3. The van der Waals surface area contributed by atoms with Crippen molar-refractivity contribution in [2.24, 2.45) is 18.9 Å². The van der Waals surface area contributed by atoms with E-state index in [1.165, 1.54) is 38.5 Å². The van der Waals surface area contributed by atoms with Crippen LogP contribution >= 0.6 is 12.4 Å². The van der Waals surface area contributed by atoms with Crippen LogP contribution in [0.1, 0.15) is 56.6 Å². The van der Waals surface area contributed by atoms with E-state index >= 15 is 0 Å². The van der Waals surface area contributed by atoms with Gasteiger partial charge in [-0.1, -0.05) is 25.7 Å². The molecule has 2 fully saturated rings. The smallest absolute Gasteiger partial charge is 0.242 e. The zero-order valence-electron chi connectivity index (χ0n) is 14.1. The molecule has 5 nitrogen and oxygen atoms in total. The van der Waals surface area contributed by atoms with E-state index in [9.17, 15) is 4.79 Å². The lowest BCUT2D eigenvalue weighted by molar-refractivity contribution is -0.124. The lowest BCUT2D eigenvalue weighted by Crippen LogP contribution is -2.45. The van der Waals surface area contributed by atoms with Gasteiger partial charge in [0, 0.05) is 24.8 Å². The van der Waals surface area contributed by atoms with Crippen LogP contribution < -0.4 is 10.6 Å². The fourth-order valence-electron chi connectivity index (χ4n) is 4.33. The Labute approximate surface area is 145 Å². The van der Waals surface area contributed by atoms with Gasteiger partial charge in [0.05, 0.1) is 6.20 Å². The van der Waals surface area contributed by atoms with Gasteiger partial charge in [-0.3, -0.25) is 9.48 Å². The first-order valence-electron chi connectivity index (χ1n) is 8.63. The van der Waals surface area contributed by atoms with Crippen molar-refractivity contribution in [3.05, 3.63) is 18.0 Å². The number of amides is 1. The summed E-state index contributed by atoms with van der Waals surface area (Å²) >= 11 is 0. The minimum absolute atomic E-state index is 0. The molecule has 1 aromatic rings. The molecule has 0 spiro atoms. The SMILES string of the molecule is CNC(C(=O)NC1CCC2CCCCC2C1)c1cnn(C)c1.Cl. The van der Waals surface area contributed by atoms with Crippen LogP contribution in [0, 0.1) is 11.8 Å². The topological polar surface area (TPSA) is 59.0 Å². The van der Waals surface area contributed by atoms with Crippen molar-refractivity contribution in [3.8, 4) is 0 Å². The second kappa shape index (κ2) is 8.15. The summed E-state index contributed by atoms with van der Waals surface area (Å²) in [7, 11) is 3.70. The van der Waals surface area contributed by atoms with Crippen LogP contribution in [0.5, 0.6) is 0 Å². The molecule has 1 aromatic heterocycles. The Balaban J connectivity index is 0.00000192. The van der Waals surface area contributed by atoms with E-state index in [-0.39, 0.29) is 24.4 Å². The van der Waals surface area contributed by atoms with Crippen molar-refractivity contribution in [2.45, 2.75) is 57.0 Å². The number of hydrogen-bond donors (Lipinski definition) is 2. The predicted octanol–water partition coefficient (Wildman–Crippen LogP) is 2.58. The average Bonchev–Trinajstić information content (AvgIpc) is 2.94. The Morgan fingerprint density at radius 3 is 2.65 bits per heavy atom. The fourth-order valence-corrected chi connectivity index (χ4v) is 4.33. The number of fused-ring (bicyclic) bond motifs is 1. The van der Waals surface area contributed by atoms with Gasteiger partial charge in [0.2, 0.25) is 5.91 Å². The number of carbonyl (C=O) groups excluding carboxylic acids is 1. The molecule has 0 aliphatic heterocycles. The summed E-state index contributed by atoms with van der Waals surface area (Å²) < 4.78 is 1.74. The van der Waals surface area contributed by atoms with Crippen LogP contribution in [0.2, 0.25) is 0 Å². The lowest BCUT2D eigenvalue weighted by Gasteiger charge is -2.39. The number of rotatable bonds is 4. The van der Waals surface area contributed by atoms with Crippen LogP contribution in [-0.2, 0) is 11.8 Å². The Morgan fingerprint density at radius 1 is 1.26 bits per heavy atom. The molecule has 0 aromatic carbocycles. The number of aryl methyl sites for hydroxylation is 1. The number of nitrogens with one attached hydrogen (secondary N) is 2. The maximum absolute atomic E-state index is 12.6. The van der Waals surface area contributed by atoms with Gasteiger partial charge in [0.15, 0.2) is 0 Å². The van der Waals surface area contributed by atoms with Crippen LogP contribution in [0.15, 0.2) is 12.4 Å². The van der Waals surface area contributed by atoms with Crippen molar-refractivity contribution in [2.75, 3.05) is 7.05 Å². The van der Waals surface area contributed by atoms with Gasteiger partial charge in [-0.2, -0.15) is 5.10 Å². The third-order valence-corrected chi connectivity index (χ3v) is 5.50. The van der Waals surface area contributed by atoms with Crippen LogP contribution in [0.3, 0.4) is 0 Å². The molecule has 130 valence electrons. The number of aromatic nitrogens is 2. The zero-order valence-corrected chi connectivity index (χ0v) is 14.9. The zero-order chi connectivity index (χ0) is 15.5. The first kappa shape index (κ1) is 18.3. The molecule has 2 aliphatic carbocycles. The van der Waals surface area contributed by atoms with E-state index in [1.807, 2.05) is 20.3 Å². The molecule has 1 amide bonds. The Hall–Kier alpha value is -1.07. The summed E-state index contributed by atoms with van der Waals surface area (Å²) in [5, 5.41) is 10.5. The van der Waals surface area contributed by atoms with Gasteiger partial charge < -0.3 is 10.6 Å². The van der Waals surface area contributed by atoms with Gasteiger partial charge >= 0.3 is 0 Å². The molecule has 3 rings (SSSR count). The summed E-state index contributed by atoms with van der Waals surface area (Å²) in [6.07, 6.45) is 12.8. The lowest BCUT2D eigenvalue weighted by atomic mass is 9.69. The van der Waals surface area contributed by atoms with Crippen molar-refractivity contribution in [3.63, 3.8) is 0 Å². The monoisotopic (exact) mass is 340 g/mol. The van der Waals surface area contributed by atoms with E-state index in [2.05, 4.69) is 15.7 Å². The van der Waals surface area contributed by atoms with E-state index in [1.54, 1.807) is 10.9 Å². The van der Waals surface area contributed by atoms with Gasteiger partial charge in [-0.15, -0.1) is 12.4 Å². The molecule has 23 heavy (non-hydrogen) atoms. The van der Waals surface area contributed by atoms with Crippen LogP contribution in [0.25, 0.3) is 0 Å². The average molecular weight is 341 g/mol. The first-order valence-corrected chi connectivity index (χ1v) is 8.63. The molecule has 0 bridgehead atoms. The highest BCUT2D eigenvalue weighted by Gasteiger charge is 2.33. The minimum atomic E-state index is -0.308. The number of likely N-dealkylation sites (N-methyl/N-ethyl adjacent to an activating group) is 1. The number of hydrogen-bond acceptors (Lipinski definition) is 3. The standard InChI is InChI=1S/C17H28N4O.ClH/c1-18-16(14-10-19-21(2)11-14)17(22)20-15-8-7-12-5-3-4-6-13(12)9-15;/h10-13,15-16,18H,3-9H2,1-2H3,(H,20,22);1H. The highest BCUT2D eigenvalue weighted by molar-refractivity contribution is 5.85. The van der Waals surface area contributed by atoms with E-state index in [0.29, 0.717) is 6.04 Å². The maximum Gasteiger partial charge on any atom is 0.242 e. The Morgan fingerprint density at radius 2 is 2.00 bits per heavy atom. The van der Waals surface area contributed by atoms with Gasteiger partial charge in [0.1, 0.15) is 6.04 Å². The summed E-state index contributed by atoms with van der Waals surface area (Å²) in [5.74, 6) is 1.83. The molecule has 0 saturated heterocycles. The first-order chi connectivity index (χ1) is 10.7. The van der Waals surface area contributed by atoms with E-state index < -0.39 is 0 Å². The highest BCUT2D eigenvalue weighted by atomic mass is 35.5.